The maximum Gasteiger partial charge on any atom is 0.276 e. The van der Waals surface area contributed by atoms with Crippen molar-refractivity contribution >= 4 is 28.8 Å². The Morgan fingerprint density at radius 2 is 1.70 bits per heavy atom. The summed E-state index contributed by atoms with van der Waals surface area (Å²) in [5.41, 5.74) is 5.59. The third kappa shape index (κ3) is 3.60. The quantitative estimate of drug-likeness (QED) is 0.326. The van der Waals surface area contributed by atoms with Crippen LogP contribution < -0.4 is 5.56 Å². The highest BCUT2D eigenvalue weighted by molar-refractivity contribution is 6.36. The lowest BCUT2D eigenvalue weighted by Crippen LogP contribution is -2.19. The van der Waals surface area contributed by atoms with Gasteiger partial charge in [0, 0.05) is 27.3 Å². The van der Waals surface area contributed by atoms with Crippen LogP contribution in [0.4, 0.5) is 0 Å². The molecule has 0 bridgehead atoms. The molecule has 3 aromatic carbocycles. The Labute approximate surface area is 199 Å². The summed E-state index contributed by atoms with van der Waals surface area (Å²) >= 11 is 12.7. The van der Waals surface area contributed by atoms with Gasteiger partial charge in [-0.15, -0.1) is 0 Å². The highest BCUT2D eigenvalue weighted by Gasteiger charge is 2.22. The number of hydrogen-bond acceptors (Lipinski definition) is 3. The molecule has 2 heterocycles. The number of rotatable bonds is 3. The van der Waals surface area contributed by atoms with Crippen LogP contribution in [0.15, 0.2) is 77.6 Å². The zero-order valence-electron chi connectivity index (χ0n) is 17.4. The summed E-state index contributed by atoms with van der Waals surface area (Å²) in [6.45, 7) is 1.74. The summed E-state index contributed by atoms with van der Waals surface area (Å²) < 4.78 is 1.45. The molecule has 0 atom stereocenters. The first-order valence-corrected chi connectivity index (χ1v) is 10.9. The van der Waals surface area contributed by atoms with Crippen molar-refractivity contribution in [1.29, 1.82) is 5.26 Å². The van der Waals surface area contributed by atoms with Gasteiger partial charge in [-0.1, -0.05) is 71.7 Å². The Hall–Kier alpha value is -3.85. The molecule has 5 rings (SSSR count). The van der Waals surface area contributed by atoms with Crippen LogP contribution in [0.3, 0.4) is 0 Å². The van der Waals surface area contributed by atoms with Crippen molar-refractivity contribution < 1.29 is 0 Å². The summed E-state index contributed by atoms with van der Waals surface area (Å²) in [4.78, 5) is 18.3. The molecule has 0 unspecified atom stereocenters. The van der Waals surface area contributed by atoms with Crippen LogP contribution in [0.2, 0.25) is 10.0 Å². The first-order valence-electron chi connectivity index (χ1n) is 10.1. The molecule has 0 saturated carbocycles. The largest absolute Gasteiger partial charge is 0.288 e. The van der Waals surface area contributed by atoms with E-state index in [1.165, 1.54) is 4.52 Å². The average molecular weight is 471 g/mol. The lowest BCUT2D eigenvalue weighted by atomic mass is 10.0. The summed E-state index contributed by atoms with van der Waals surface area (Å²) in [6.07, 6.45) is 0. The van der Waals surface area contributed by atoms with E-state index >= 15 is 0 Å². The predicted octanol–water partition coefficient (Wildman–Crippen LogP) is 6.51. The molecule has 1 N–H and O–H groups in total. The molecule has 5 aromatic rings. The number of H-pyrrole nitrogens is 1. The van der Waals surface area contributed by atoms with Gasteiger partial charge in [-0.2, -0.15) is 5.26 Å². The van der Waals surface area contributed by atoms with Crippen molar-refractivity contribution in [2.75, 3.05) is 0 Å². The summed E-state index contributed by atoms with van der Waals surface area (Å²) in [5, 5.41) is 13.3. The average Bonchev–Trinajstić information content (AvgIpc) is 3.21. The Morgan fingerprint density at radius 1 is 0.970 bits per heavy atom. The van der Waals surface area contributed by atoms with E-state index in [-0.39, 0.29) is 5.56 Å². The third-order valence-electron chi connectivity index (χ3n) is 5.56. The van der Waals surface area contributed by atoms with Gasteiger partial charge >= 0.3 is 0 Å². The van der Waals surface area contributed by atoms with Gasteiger partial charge in [0.2, 0.25) is 0 Å². The van der Waals surface area contributed by atoms with E-state index in [1.807, 2.05) is 36.4 Å². The van der Waals surface area contributed by atoms with Crippen LogP contribution in [0.25, 0.3) is 39.3 Å². The molecule has 0 saturated heterocycles. The molecule has 5 nitrogen and oxygen atoms in total. The smallest absolute Gasteiger partial charge is 0.276 e. The number of aromatic nitrogens is 3. The lowest BCUT2D eigenvalue weighted by molar-refractivity contribution is 0.891. The molecule has 0 fully saturated rings. The summed E-state index contributed by atoms with van der Waals surface area (Å²) in [6, 6.07) is 24.1. The Morgan fingerprint density at radius 3 is 2.36 bits per heavy atom. The van der Waals surface area contributed by atoms with Crippen LogP contribution in [0, 0.1) is 18.3 Å². The molecule has 0 aliphatic carbocycles. The van der Waals surface area contributed by atoms with Gasteiger partial charge in [0.1, 0.15) is 0 Å². The molecule has 2 aromatic heterocycles. The van der Waals surface area contributed by atoms with Crippen LogP contribution in [0.5, 0.6) is 0 Å². The molecule has 33 heavy (non-hydrogen) atoms. The number of benzene rings is 3. The maximum atomic E-state index is 13.4. The summed E-state index contributed by atoms with van der Waals surface area (Å²) in [5.74, 6) is 0. The van der Waals surface area contributed by atoms with Gasteiger partial charge in [0.15, 0.2) is 5.65 Å². The van der Waals surface area contributed by atoms with Crippen molar-refractivity contribution in [1.82, 2.24) is 14.6 Å². The van der Waals surface area contributed by atoms with Gasteiger partial charge < -0.3 is 0 Å². The van der Waals surface area contributed by atoms with Crippen molar-refractivity contribution in [3.63, 3.8) is 0 Å². The minimum absolute atomic E-state index is 0.215. The number of halogens is 2. The monoisotopic (exact) mass is 470 g/mol. The highest BCUT2D eigenvalue weighted by Crippen LogP contribution is 2.39. The van der Waals surface area contributed by atoms with Gasteiger partial charge in [-0.25, -0.2) is 9.50 Å². The minimum atomic E-state index is -0.215. The number of nitriles is 1. The molecule has 0 amide bonds. The fraction of sp³-hybridized carbons (Fsp3) is 0.0385. The molecule has 0 aliphatic heterocycles. The Bertz CT molecular complexity index is 1610. The predicted molar refractivity (Wildman–Crippen MR) is 132 cm³/mol. The maximum absolute atomic E-state index is 13.4. The molecular formula is C26H16Cl2N4O. The third-order valence-corrected chi connectivity index (χ3v) is 6.10. The van der Waals surface area contributed by atoms with E-state index in [0.717, 1.165) is 16.8 Å². The topological polar surface area (TPSA) is 73.9 Å². The molecular weight excluding hydrogens is 455 g/mol. The molecule has 7 heteroatoms. The number of hydrogen-bond donors (Lipinski definition) is 1. The van der Waals surface area contributed by atoms with E-state index in [0.29, 0.717) is 43.6 Å². The SMILES string of the molecule is Cc1c(-c2ccc(C#N)cc2)nc2c(-c3ccc(Cl)cc3Cl)c(-c3ccccc3)[nH]n2c1=O. The molecule has 0 spiro atoms. The molecule has 0 radical (unpaired) electrons. The first-order chi connectivity index (χ1) is 16.0. The van der Waals surface area contributed by atoms with E-state index in [4.69, 9.17) is 33.4 Å². The van der Waals surface area contributed by atoms with E-state index in [1.54, 1.807) is 43.3 Å². The van der Waals surface area contributed by atoms with Gasteiger partial charge in [0.25, 0.3) is 5.56 Å². The zero-order chi connectivity index (χ0) is 23.1. The minimum Gasteiger partial charge on any atom is -0.288 e. The fourth-order valence-electron chi connectivity index (χ4n) is 3.90. The van der Waals surface area contributed by atoms with Crippen LogP contribution >= 0.6 is 23.2 Å². The number of nitrogens with zero attached hydrogens (tertiary/aromatic N) is 3. The Balaban J connectivity index is 1.88. The van der Waals surface area contributed by atoms with Crippen molar-refractivity contribution in [2.24, 2.45) is 0 Å². The standard InChI is InChI=1S/C26H16Cl2N4O/c1-15-23(18-9-7-16(14-29)8-10-18)30-25-22(20-12-11-19(27)13-21(20)28)24(31-32(25)26(15)33)17-5-3-2-4-6-17/h2-13,31H,1H3. The first kappa shape index (κ1) is 21.0. The van der Waals surface area contributed by atoms with Crippen molar-refractivity contribution in [3.05, 3.63) is 104 Å². The fourth-order valence-corrected chi connectivity index (χ4v) is 4.40. The van der Waals surface area contributed by atoms with Crippen molar-refractivity contribution in [2.45, 2.75) is 6.92 Å². The second-order valence-electron chi connectivity index (χ2n) is 7.59. The lowest BCUT2D eigenvalue weighted by Gasteiger charge is -2.09. The van der Waals surface area contributed by atoms with Crippen LogP contribution in [-0.4, -0.2) is 14.6 Å². The second kappa shape index (κ2) is 8.25. The number of aromatic amines is 1. The number of nitrogens with one attached hydrogen (secondary N) is 1. The van der Waals surface area contributed by atoms with E-state index in [2.05, 4.69) is 11.2 Å². The van der Waals surface area contributed by atoms with E-state index < -0.39 is 0 Å². The van der Waals surface area contributed by atoms with Crippen LogP contribution in [-0.2, 0) is 0 Å². The molecule has 160 valence electrons. The molecule has 0 aliphatic rings. The van der Waals surface area contributed by atoms with Gasteiger partial charge in [-0.05, 0) is 31.2 Å². The normalized spacial score (nSPS) is 11.0. The zero-order valence-corrected chi connectivity index (χ0v) is 18.9. The number of fused-ring (bicyclic) bond motifs is 1. The van der Waals surface area contributed by atoms with Crippen molar-refractivity contribution in [3.8, 4) is 39.7 Å². The highest BCUT2D eigenvalue weighted by atomic mass is 35.5. The summed E-state index contributed by atoms with van der Waals surface area (Å²) in [7, 11) is 0. The van der Waals surface area contributed by atoms with E-state index in [9.17, 15) is 4.79 Å². The van der Waals surface area contributed by atoms with Gasteiger partial charge in [-0.3, -0.25) is 9.89 Å². The Kier molecular flexibility index (Phi) is 5.26. The second-order valence-corrected chi connectivity index (χ2v) is 8.43. The van der Waals surface area contributed by atoms with Crippen LogP contribution in [0.1, 0.15) is 11.1 Å². The van der Waals surface area contributed by atoms with Gasteiger partial charge in [0.05, 0.1) is 33.6 Å².